The van der Waals surface area contributed by atoms with Crippen LogP contribution in [0.25, 0.3) is 0 Å². The average Bonchev–Trinajstić information content (AvgIpc) is 3.18. The Morgan fingerprint density at radius 3 is 2.65 bits per heavy atom. The summed E-state index contributed by atoms with van der Waals surface area (Å²) in [6.07, 6.45) is 5.32. The molecule has 0 saturated carbocycles. The molecule has 2 aromatic carbocycles. The van der Waals surface area contributed by atoms with Crippen LogP contribution in [0.2, 0.25) is 0 Å². The first kappa shape index (κ1) is 17.4. The highest BCUT2D eigenvalue weighted by Gasteiger charge is 2.06. The Labute approximate surface area is 152 Å². The third-order valence-corrected chi connectivity index (χ3v) is 3.63. The van der Waals surface area contributed by atoms with Crippen LogP contribution in [-0.4, -0.2) is 21.9 Å². The van der Waals surface area contributed by atoms with E-state index in [-0.39, 0.29) is 5.82 Å². The van der Waals surface area contributed by atoms with Crippen molar-refractivity contribution in [2.45, 2.75) is 13.5 Å². The van der Waals surface area contributed by atoms with Crippen molar-refractivity contribution in [3.05, 3.63) is 89.8 Å². The van der Waals surface area contributed by atoms with Crippen LogP contribution in [0.15, 0.2) is 72.4 Å². The van der Waals surface area contributed by atoms with Gasteiger partial charge in [-0.05, 0) is 31.2 Å². The second kappa shape index (κ2) is 8.63. The first-order valence-electron chi connectivity index (χ1n) is 8.28. The second-order valence-corrected chi connectivity index (χ2v) is 5.50. The van der Waals surface area contributed by atoms with Gasteiger partial charge in [0.15, 0.2) is 0 Å². The summed E-state index contributed by atoms with van der Waals surface area (Å²) < 4.78 is 15.5. The average molecular weight is 347 g/mol. The largest absolute Gasteiger partial charge is 0.396 e. The lowest BCUT2D eigenvalue weighted by Crippen LogP contribution is -2.11. The van der Waals surface area contributed by atoms with Gasteiger partial charge in [0.1, 0.15) is 18.1 Å². The summed E-state index contributed by atoms with van der Waals surface area (Å²) in [6, 6.07) is 14.1. The minimum absolute atomic E-state index is 0.317. The van der Waals surface area contributed by atoms with Gasteiger partial charge in [-0.2, -0.15) is 0 Å². The highest BCUT2D eigenvalue weighted by molar-refractivity contribution is 6.00. The van der Waals surface area contributed by atoms with Crippen LogP contribution in [0.1, 0.15) is 23.6 Å². The van der Waals surface area contributed by atoms with E-state index in [1.54, 1.807) is 30.7 Å². The fourth-order valence-corrected chi connectivity index (χ4v) is 2.32. The smallest absolute Gasteiger partial charge is 0.138 e. The van der Waals surface area contributed by atoms with Crippen molar-refractivity contribution >= 4 is 5.71 Å². The van der Waals surface area contributed by atoms with Gasteiger partial charge in [-0.25, -0.2) is 9.37 Å². The van der Waals surface area contributed by atoms with E-state index in [1.807, 2.05) is 42.0 Å². The number of aromatic nitrogens is 2. The quantitative estimate of drug-likeness (QED) is 0.399. The molecule has 0 aliphatic carbocycles. The molecule has 1 aromatic heterocycles. The summed E-state index contributed by atoms with van der Waals surface area (Å²) in [6.45, 7) is 2.94. The molecular weight excluding hydrogens is 329 g/mol. The van der Waals surface area contributed by atoms with Crippen LogP contribution in [0, 0.1) is 17.7 Å². The van der Waals surface area contributed by atoms with Gasteiger partial charge >= 0.3 is 0 Å². The van der Waals surface area contributed by atoms with Crippen LogP contribution < -0.4 is 0 Å². The number of nitrogens with zero attached hydrogens (tertiary/aromatic N) is 3. The van der Waals surface area contributed by atoms with E-state index in [1.165, 1.54) is 6.07 Å². The van der Waals surface area contributed by atoms with Gasteiger partial charge in [-0.3, -0.25) is 0 Å². The highest BCUT2D eigenvalue weighted by Crippen LogP contribution is 2.09. The van der Waals surface area contributed by atoms with Crippen molar-refractivity contribution < 1.29 is 9.23 Å². The van der Waals surface area contributed by atoms with Crippen LogP contribution >= 0.6 is 0 Å². The number of imidazole rings is 1. The van der Waals surface area contributed by atoms with Crippen LogP contribution in [0.3, 0.4) is 0 Å². The SMILES string of the molecule is CCO/N=C(\Cn1ccnc1)c1ccc(C#Cc2ccccc2F)cc1. The number of hydrogen-bond acceptors (Lipinski definition) is 3. The molecule has 0 unspecified atom stereocenters. The van der Waals surface area contributed by atoms with Crippen LogP contribution in [0.5, 0.6) is 0 Å². The molecular formula is C21H18FN3O. The van der Waals surface area contributed by atoms with Gasteiger partial charge < -0.3 is 9.40 Å². The summed E-state index contributed by atoms with van der Waals surface area (Å²) in [4.78, 5) is 9.27. The van der Waals surface area contributed by atoms with E-state index in [2.05, 4.69) is 22.0 Å². The van der Waals surface area contributed by atoms with Gasteiger partial charge in [0.25, 0.3) is 0 Å². The summed E-state index contributed by atoms with van der Waals surface area (Å²) in [5.74, 6) is 5.52. The molecule has 0 fully saturated rings. The normalized spacial score (nSPS) is 10.9. The molecule has 0 radical (unpaired) electrons. The van der Waals surface area contributed by atoms with Crippen molar-refractivity contribution in [2.75, 3.05) is 6.61 Å². The number of halogens is 1. The van der Waals surface area contributed by atoms with Gasteiger partial charge in [-0.1, -0.05) is 41.3 Å². The lowest BCUT2D eigenvalue weighted by molar-refractivity contribution is 0.158. The molecule has 3 rings (SSSR count). The maximum absolute atomic E-state index is 13.6. The Morgan fingerprint density at radius 1 is 1.15 bits per heavy atom. The van der Waals surface area contributed by atoms with Crippen molar-refractivity contribution in [1.29, 1.82) is 0 Å². The molecule has 0 amide bonds. The van der Waals surface area contributed by atoms with Crippen molar-refractivity contribution in [3.63, 3.8) is 0 Å². The van der Waals surface area contributed by atoms with E-state index in [0.717, 1.165) is 16.8 Å². The molecule has 0 bridgehead atoms. The lowest BCUT2D eigenvalue weighted by Gasteiger charge is -2.07. The maximum Gasteiger partial charge on any atom is 0.138 e. The minimum atomic E-state index is -0.317. The fourth-order valence-electron chi connectivity index (χ4n) is 2.32. The summed E-state index contributed by atoms with van der Waals surface area (Å²) in [5.41, 5.74) is 2.91. The zero-order valence-corrected chi connectivity index (χ0v) is 14.4. The second-order valence-electron chi connectivity index (χ2n) is 5.50. The molecule has 0 N–H and O–H groups in total. The predicted octanol–water partition coefficient (Wildman–Crippen LogP) is 3.86. The highest BCUT2D eigenvalue weighted by atomic mass is 19.1. The molecule has 130 valence electrons. The summed E-state index contributed by atoms with van der Waals surface area (Å²) >= 11 is 0. The van der Waals surface area contributed by atoms with Crippen molar-refractivity contribution in [1.82, 2.24) is 9.55 Å². The third-order valence-electron chi connectivity index (χ3n) is 3.63. The molecule has 0 atom stereocenters. The van der Waals surface area contributed by atoms with Gasteiger partial charge in [-0.15, -0.1) is 0 Å². The van der Waals surface area contributed by atoms with Crippen LogP contribution in [0.4, 0.5) is 4.39 Å². The molecule has 1 heterocycles. The zero-order chi connectivity index (χ0) is 18.2. The molecule has 0 aliphatic heterocycles. The Kier molecular flexibility index (Phi) is 5.79. The third kappa shape index (κ3) is 4.58. The molecule has 26 heavy (non-hydrogen) atoms. The van der Waals surface area contributed by atoms with Crippen molar-refractivity contribution in [2.24, 2.45) is 5.16 Å². The van der Waals surface area contributed by atoms with Gasteiger partial charge in [0.2, 0.25) is 0 Å². The standard InChI is InChI=1S/C21H18FN3O/c1-2-26-24-21(15-25-14-13-23-16-25)19-11-8-17(9-12-19)7-10-18-5-3-4-6-20(18)22/h3-6,8-9,11-14,16H,2,15H2,1H3/b24-21+. The van der Waals surface area contributed by atoms with E-state index >= 15 is 0 Å². The van der Waals surface area contributed by atoms with Crippen molar-refractivity contribution in [3.8, 4) is 11.8 Å². The lowest BCUT2D eigenvalue weighted by atomic mass is 10.1. The first-order chi connectivity index (χ1) is 12.8. The van der Waals surface area contributed by atoms with E-state index < -0.39 is 0 Å². The Balaban J connectivity index is 1.80. The number of oxime groups is 1. The Bertz CT molecular complexity index is 935. The number of hydrogen-bond donors (Lipinski definition) is 0. The van der Waals surface area contributed by atoms with Crippen LogP contribution in [-0.2, 0) is 11.4 Å². The number of rotatable bonds is 5. The molecule has 0 spiro atoms. The van der Waals surface area contributed by atoms with E-state index in [9.17, 15) is 4.39 Å². The van der Waals surface area contributed by atoms with Gasteiger partial charge in [0.05, 0.1) is 18.4 Å². The molecule has 5 heteroatoms. The minimum Gasteiger partial charge on any atom is -0.396 e. The fraction of sp³-hybridized carbons (Fsp3) is 0.143. The summed E-state index contributed by atoms with van der Waals surface area (Å²) in [7, 11) is 0. The first-order valence-corrected chi connectivity index (χ1v) is 8.28. The van der Waals surface area contributed by atoms with E-state index in [0.29, 0.717) is 18.7 Å². The molecule has 0 aliphatic rings. The molecule has 0 saturated heterocycles. The maximum atomic E-state index is 13.6. The zero-order valence-electron chi connectivity index (χ0n) is 14.4. The monoisotopic (exact) mass is 347 g/mol. The summed E-state index contributed by atoms with van der Waals surface area (Å²) in [5, 5.41) is 4.20. The Hall–Kier alpha value is -3.39. The number of benzene rings is 2. The predicted molar refractivity (Wildman–Crippen MR) is 99.2 cm³/mol. The molecule has 4 nitrogen and oxygen atoms in total. The van der Waals surface area contributed by atoms with Gasteiger partial charge in [0, 0.05) is 23.5 Å². The Morgan fingerprint density at radius 2 is 1.96 bits per heavy atom. The van der Waals surface area contributed by atoms with E-state index in [4.69, 9.17) is 4.84 Å². The topological polar surface area (TPSA) is 39.4 Å². The molecule has 3 aromatic rings.